The van der Waals surface area contributed by atoms with E-state index >= 15 is 0 Å². The summed E-state index contributed by atoms with van der Waals surface area (Å²) in [6.07, 6.45) is 0. The molecule has 0 unspecified atom stereocenters. The molecule has 0 radical (unpaired) electrons. The van der Waals surface area contributed by atoms with E-state index < -0.39 is 0 Å². The van der Waals surface area contributed by atoms with Gasteiger partial charge in [0.25, 0.3) is 5.91 Å². The van der Waals surface area contributed by atoms with E-state index in [-0.39, 0.29) is 11.7 Å². The molecule has 20 heavy (non-hydrogen) atoms. The summed E-state index contributed by atoms with van der Waals surface area (Å²) in [4.78, 5) is 12.1. The summed E-state index contributed by atoms with van der Waals surface area (Å²) in [5, 5.41) is 12.7. The lowest BCUT2D eigenvalue weighted by Gasteiger charge is -2.09. The number of phenolic OH excluding ortho intramolecular Hbond substituents is 1. The standard InChI is InChI=1S/C14H11BrClNO3/c1-20-9-3-5-11(16)12(7-9)17-14(19)8-2-4-10(15)13(18)6-8/h2-7,18H,1H3,(H,17,19). The molecule has 6 heteroatoms. The summed E-state index contributed by atoms with van der Waals surface area (Å²) in [6, 6.07) is 9.51. The first-order valence-electron chi connectivity index (χ1n) is 5.64. The fourth-order valence-corrected chi connectivity index (χ4v) is 1.99. The van der Waals surface area contributed by atoms with Gasteiger partial charge in [0.2, 0.25) is 0 Å². The van der Waals surface area contributed by atoms with E-state index in [4.69, 9.17) is 16.3 Å². The third-order valence-electron chi connectivity index (χ3n) is 2.63. The number of phenols is 1. The fraction of sp³-hybridized carbons (Fsp3) is 0.0714. The average Bonchev–Trinajstić information content (AvgIpc) is 2.44. The number of halogens is 2. The molecule has 2 aromatic rings. The summed E-state index contributed by atoms with van der Waals surface area (Å²) in [5.41, 5.74) is 0.767. The van der Waals surface area contributed by atoms with Crippen molar-refractivity contribution in [2.75, 3.05) is 12.4 Å². The third-order valence-corrected chi connectivity index (χ3v) is 3.63. The van der Waals surface area contributed by atoms with E-state index in [1.54, 1.807) is 30.3 Å². The van der Waals surface area contributed by atoms with Crippen molar-refractivity contribution in [3.8, 4) is 11.5 Å². The Bertz CT molecular complexity index is 661. The van der Waals surface area contributed by atoms with E-state index in [9.17, 15) is 9.90 Å². The van der Waals surface area contributed by atoms with Gasteiger partial charge >= 0.3 is 0 Å². The molecule has 0 aliphatic heterocycles. The number of benzene rings is 2. The topological polar surface area (TPSA) is 58.6 Å². The normalized spacial score (nSPS) is 10.2. The lowest BCUT2D eigenvalue weighted by molar-refractivity contribution is 0.102. The highest BCUT2D eigenvalue weighted by atomic mass is 79.9. The quantitative estimate of drug-likeness (QED) is 0.871. The van der Waals surface area contributed by atoms with Crippen molar-refractivity contribution in [3.05, 3.63) is 51.5 Å². The van der Waals surface area contributed by atoms with Crippen molar-refractivity contribution >= 4 is 39.1 Å². The van der Waals surface area contributed by atoms with E-state index in [1.165, 1.54) is 13.2 Å². The molecule has 0 bridgehead atoms. The maximum Gasteiger partial charge on any atom is 0.255 e. The number of rotatable bonds is 3. The largest absolute Gasteiger partial charge is 0.507 e. The number of carbonyl (C=O) groups excluding carboxylic acids is 1. The Morgan fingerprint density at radius 2 is 2.05 bits per heavy atom. The number of nitrogens with one attached hydrogen (secondary N) is 1. The maximum atomic E-state index is 12.1. The van der Waals surface area contributed by atoms with Gasteiger partial charge in [-0.05, 0) is 46.3 Å². The fourth-order valence-electron chi connectivity index (χ4n) is 1.58. The first kappa shape index (κ1) is 14.7. The second-order valence-corrected chi connectivity index (χ2v) is 5.23. The number of hydrogen-bond acceptors (Lipinski definition) is 3. The molecule has 0 saturated carbocycles. The molecular formula is C14H11BrClNO3. The smallest absolute Gasteiger partial charge is 0.255 e. The van der Waals surface area contributed by atoms with E-state index in [1.807, 2.05) is 0 Å². The van der Waals surface area contributed by atoms with Gasteiger partial charge in [-0.25, -0.2) is 0 Å². The highest BCUT2D eigenvalue weighted by Gasteiger charge is 2.11. The lowest BCUT2D eigenvalue weighted by atomic mass is 10.2. The Morgan fingerprint density at radius 1 is 1.30 bits per heavy atom. The number of ether oxygens (including phenoxy) is 1. The minimum Gasteiger partial charge on any atom is -0.507 e. The second-order valence-electron chi connectivity index (χ2n) is 3.97. The summed E-state index contributed by atoms with van der Waals surface area (Å²) in [5.74, 6) is 0.209. The molecule has 0 aliphatic rings. The zero-order valence-corrected chi connectivity index (χ0v) is 12.8. The minimum atomic E-state index is -0.372. The summed E-state index contributed by atoms with van der Waals surface area (Å²) >= 11 is 9.17. The molecule has 1 amide bonds. The van der Waals surface area contributed by atoms with Crippen LogP contribution < -0.4 is 10.1 Å². The lowest BCUT2D eigenvalue weighted by Crippen LogP contribution is -2.12. The first-order valence-corrected chi connectivity index (χ1v) is 6.82. The molecule has 2 aromatic carbocycles. The Balaban J connectivity index is 2.25. The van der Waals surface area contributed by atoms with Gasteiger partial charge in [-0.1, -0.05) is 11.6 Å². The summed E-state index contributed by atoms with van der Waals surface area (Å²) < 4.78 is 5.60. The Morgan fingerprint density at radius 3 is 2.70 bits per heavy atom. The van der Waals surface area contributed by atoms with Gasteiger partial charge < -0.3 is 15.2 Å². The van der Waals surface area contributed by atoms with Gasteiger partial charge in [-0.2, -0.15) is 0 Å². The molecule has 0 spiro atoms. The summed E-state index contributed by atoms with van der Waals surface area (Å²) in [6.45, 7) is 0. The Labute approximate surface area is 129 Å². The van der Waals surface area contributed by atoms with Crippen LogP contribution in [-0.4, -0.2) is 18.1 Å². The van der Waals surface area contributed by atoms with Gasteiger partial charge in [0, 0.05) is 11.6 Å². The highest BCUT2D eigenvalue weighted by molar-refractivity contribution is 9.10. The van der Waals surface area contributed by atoms with Crippen molar-refractivity contribution in [1.82, 2.24) is 0 Å². The van der Waals surface area contributed by atoms with Gasteiger partial charge in [-0.3, -0.25) is 4.79 Å². The molecular weight excluding hydrogens is 346 g/mol. The van der Waals surface area contributed by atoms with E-state index in [0.29, 0.717) is 26.5 Å². The van der Waals surface area contributed by atoms with Crippen LogP contribution in [0.25, 0.3) is 0 Å². The van der Waals surface area contributed by atoms with Crippen LogP contribution in [-0.2, 0) is 0 Å². The highest BCUT2D eigenvalue weighted by Crippen LogP contribution is 2.28. The van der Waals surface area contributed by atoms with Crippen molar-refractivity contribution in [2.45, 2.75) is 0 Å². The molecule has 0 saturated heterocycles. The number of hydrogen-bond donors (Lipinski definition) is 2. The molecule has 4 nitrogen and oxygen atoms in total. The zero-order chi connectivity index (χ0) is 14.7. The van der Waals surface area contributed by atoms with Crippen molar-refractivity contribution in [2.24, 2.45) is 0 Å². The van der Waals surface area contributed by atoms with Gasteiger partial charge in [0.1, 0.15) is 11.5 Å². The maximum absolute atomic E-state index is 12.1. The van der Waals surface area contributed by atoms with E-state index in [0.717, 1.165) is 0 Å². The van der Waals surface area contributed by atoms with Crippen LogP contribution in [0.4, 0.5) is 5.69 Å². The Kier molecular flexibility index (Phi) is 4.52. The zero-order valence-electron chi connectivity index (χ0n) is 10.5. The van der Waals surface area contributed by atoms with Crippen LogP contribution in [0, 0.1) is 0 Å². The molecule has 0 heterocycles. The number of anilines is 1. The molecule has 2 rings (SSSR count). The third kappa shape index (κ3) is 3.23. The number of methoxy groups -OCH3 is 1. The summed E-state index contributed by atoms with van der Waals surface area (Å²) in [7, 11) is 1.53. The van der Waals surface area contributed by atoms with Crippen molar-refractivity contribution in [1.29, 1.82) is 0 Å². The van der Waals surface area contributed by atoms with Crippen molar-refractivity contribution < 1.29 is 14.6 Å². The van der Waals surface area contributed by atoms with Gasteiger partial charge in [0.05, 0.1) is 22.3 Å². The van der Waals surface area contributed by atoms with Crippen LogP contribution in [0.15, 0.2) is 40.9 Å². The Hall–Kier alpha value is -1.72. The first-order chi connectivity index (χ1) is 9.51. The molecule has 0 fully saturated rings. The second kappa shape index (κ2) is 6.15. The molecule has 0 aromatic heterocycles. The van der Waals surface area contributed by atoms with E-state index in [2.05, 4.69) is 21.2 Å². The van der Waals surface area contributed by atoms with Crippen LogP contribution in [0.5, 0.6) is 11.5 Å². The molecule has 0 atom stereocenters. The molecule has 0 aliphatic carbocycles. The van der Waals surface area contributed by atoms with Crippen molar-refractivity contribution in [3.63, 3.8) is 0 Å². The van der Waals surface area contributed by atoms with Crippen LogP contribution >= 0.6 is 27.5 Å². The van der Waals surface area contributed by atoms with Crippen LogP contribution in [0.1, 0.15) is 10.4 Å². The minimum absolute atomic E-state index is 0.00520. The van der Waals surface area contributed by atoms with Gasteiger partial charge in [-0.15, -0.1) is 0 Å². The average molecular weight is 357 g/mol. The monoisotopic (exact) mass is 355 g/mol. The predicted molar refractivity (Wildman–Crippen MR) is 81.8 cm³/mol. The molecule has 104 valence electrons. The number of amides is 1. The van der Waals surface area contributed by atoms with Gasteiger partial charge in [0.15, 0.2) is 0 Å². The SMILES string of the molecule is COc1ccc(Cl)c(NC(=O)c2ccc(Br)c(O)c2)c1. The number of carbonyl (C=O) groups is 1. The molecule has 2 N–H and O–H groups in total. The number of aromatic hydroxyl groups is 1. The van der Waals surface area contributed by atoms with Crippen LogP contribution in [0.3, 0.4) is 0 Å². The van der Waals surface area contributed by atoms with Crippen LogP contribution in [0.2, 0.25) is 5.02 Å². The predicted octanol–water partition coefficient (Wildman–Crippen LogP) is 4.07.